The lowest BCUT2D eigenvalue weighted by atomic mass is 10.1. The maximum atomic E-state index is 12.2. The second-order valence-electron chi connectivity index (χ2n) is 7.07. The molecule has 2 amide bonds. The monoisotopic (exact) mass is 375 g/mol. The molecule has 5 nitrogen and oxygen atoms in total. The van der Waals surface area contributed by atoms with Gasteiger partial charge in [-0.3, -0.25) is 9.59 Å². The highest BCUT2D eigenvalue weighted by atomic mass is 35.5. The van der Waals surface area contributed by atoms with E-state index < -0.39 is 6.04 Å². The van der Waals surface area contributed by atoms with E-state index in [0.29, 0.717) is 17.7 Å². The molecule has 0 aliphatic rings. The zero-order chi connectivity index (χ0) is 18.4. The molecule has 1 unspecified atom stereocenters. The third kappa shape index (κ3) is 6.86. The molecule has 2 rings (SSSR count). The molecule has 0 bridgehead atoms. The van der Waals surface area contributed by atoms with E-state index in [0.717, 1.165) is 5.56 Å². The first-order valence-corrected chi connectivity index (χ1v) is 8.27. The molecule has 0 heterocycles. The summed E-state index contributed by atoms with van der Waals surface area (Å²) in [5.41, 5.74) is 7.84. The van der Waals surface area contributed by atoms with Crippen molar-refractivity contribution in [2.45, 2.75) is 38.8 Å². The topological polar surface area (TPSA) is 84.2 Å². The predicted molar refractivity (Wildman–Crippen MR) is 108 cm³/mol. The summed E-state index contributed by atoms with van der Waals surface area (Å²) in [6.07, 6.45) is 0.471. The number of benzene rings is 2. The van der Waals surface area contributed by atoms with Crippen LogP contribution in [0.1, 0.15) is 36.7 Å². The summed E-state index contributed by atoms with van der Waals surface area (Å²) in [5.74, 6) is -0.401. The Morgan fingerprint density at radius 2 is 1.58 bits per heavy atom. The van der Waals surface area contributed by atoms with Crippen molar-refractivity contribution in [1.29, 1.82) is 0 Å². The quantitative estimate of drug-likeness (QED) is 0.750. The predicted octanol–water partition coefficient (Wildman–Crippen LogP) is 3.15. The highest BCUT2D eigenvalue weighted by Gasteiger charge is 2.16. The minimum atomic E-state index is -0.633. The molecule has 0 aromatic heterocycles. The molecule has 0 aliphatic heterocycles. The Bertz CT molecular complexity index is 725. The van der Waals surface area contributed by atoms with Crippen LogP contribution in [0.3, 0.4) is 0 Å². The van der Waals surface area contributed by atoms with Crippen molar-refractivity contribution in [3.05, 3.63) is 65.7 Å². The van der Waals surface area contributed by atoms with Gasteiger partial charge in [-0.05, 0) is 57.0 Å². The Labute approximate surface area is 160 Å². The minimum absolute atomic E-state index is 0. The van der Waals surface area contributed by atoms with Gasteiger partial charge in [0.1, 0.15) is 0 Å². The molecule has 0 saturated carbocycles. The summed E-state index contributed by atoms with van der Waals surface area (Å²) in [6, 6.07) is 15.8. The van der Waals surface area contributed by atoms with Crippen molar-refractivity contribution < 1.29 is 9.59 Å². The standard InChI is InChI=1S/C20H25N3O2.ClH/c1-20(2,3)23-18(24)15-9-11-16(12-10-15)22-19(25)17(21)13-14-7-5-4-6-8-14;/h4-12,17H,13,21H2,1-3H3,(H,22,25)(H,23,24);1H. The van der Waals surface area contributed by atoms with Crippen molar-refractivity contribution in [2.75, 3.05) is 5.32 Å². The number of anilines is 1. The summed E-state index contributed by atoms with van der Waals surface area (Å²) in [7, 11) is 0. The van der Waals surface area contributed by atoms with Crippen LogP contribution in [0.5, 0.6) is 0 Å². The first-order valence-electron chi connectivity index (χ1n) is 8.27. The lowest BCUT2D eigenvalue weighted by Crippen LogP contribution is -2.40. The normalized spacial score (nSPS) is 11.8. The van der Waals surface area contributed by atoms with E-state index in [1.54, 1.807) is 24.3 Å². The lowest BCUT2D eigenvalue weighted by molar-refractivity contribution is -0.117. The van der Waals surface area contributed by atoms with Gasteiger partial charge in [0, 0.05) is 16.8 Å². The van der Waals surface area contributed by atoms with E-state index in [9.17, 15) is 9.59 Å². The Hall–Kier alpha value is -2.37. The van der Waals surface area contributed by atoms with Crippen LogP contribution in [-0.2, 0) is 11.2 Å². The maximum absolute atomic E-state index is 12.2. The fourth-order valence-corrected chi connectivity index (χ4v) is 2.31. The van der Waals surface area contributed by atoms with E-state index in [1.165, 1.54) is 0 Å². The van der Waals surface area contributed by atoms with E-state index >= 15 is 0 Å². The number of rotatable bonds is 5. The van der Waals surface area contributed by atoms with E-state index in [1.807, 2.05) is 51.1 Å². The smallest absolute Gasteiger partial charge is 0.251 e. The SMILES string of the molecule is CC(C)(C)NC(=O)c1ccc(NC(=O)C(N)Cc2ccccc2)cc1.Cl. The zero-order valence-corrected chi connectivity index (χ0v) is 16.1. The van der Waals surface area contributed by atoms with Crippen molar-refractivity contribution in [1.82, 2.24) is 5.32 Å². The van der Waals surface area contributed by atoms with Gasteiger partial charge in [0.25, 0.3) is 5.91 Å². The molecule has 0 radical (unpaired) electrons. The fraction of sp³-hybridized carbons (Fsp3) is 0.300. The molecule has 0 fully saturated rings. The highest BCUT2D eigenvalue weighted by molar-refractivity contribution is 5.97. The Morgan fingerprint density at radius 1 is 1.00 bits per heavy atom. The summed E-state index contributed by atoms with van der Waals surface area (Å²) >= 11 is 0. The van der Waals surface area contributed by atoms with Crippen LogP contribution >= 0.6 is 12.4 Å². The molecule has 26 heavy (non-hydrogen) atoms. The molecule has 0 aliphatic carbocycles. The molecule has 4 N–H and O–H groups in total. The number of carbonyl (C=O) groups is 2. The molecule has 6 heteroatoms. The average molecular weight is 376 g/mol. The van der Waals surface area contributed by atoms with Crippen LogP contribution in [-0.4, -0.2) is 23.4 Å². The second kappa shape index (κ2) is 9.36. The molecule has 2 aromatic rings. The largest absolute Gasteiger partial charge is 0.347 e. The van der Waals surface area contributed by atoms with Crippen LogP contribution in [0.2, 0.25) is 0 Å². The van der Waals surface area contributed by atoms with Gasteiger partial charge in [0.2, 0.25) is 5.91 Å². The Morgan fingerprint density at radius 3 is 2.12 bits per heavy atom. The minimum Gasteiger partial charge on any atom is -0.347 e. The molecule has 0 saturated heterocycles. The molecule has 0 spiro atoms. The fourth-order valence-electron chi connectivity index (χ4n) is 2.31. The van der Waals surface area contributed by atoms with E-state index in [-0.39, 0.29) is 29.8 Å². The van der Waals surface area contributed by atoms with Gasteiger partial charge < -0.3 is 16.4 Å². The molecular weight excluding hydrogens is 350 g/mol. The van der Waals surface area contributed by atoms with Gasteiger partial charge in [-0.25, -0.2) is 0 Å². The molecule has 2 aromatic carbocycles. The third-order valence-electron chi connectivity index (χ3n) is 3.54. The van der Waals surface area contributed by atoms with Gasteiger partial charge >= 0.3 is 0 Å². The Balaban J connectivity index is 0.00000338. The van der Waals surface area contributed by atoms with Crippen LogP contribution in [0.4, 0.5) is 5.69 Å². The average Bonchev–Trinajstić information content (AvgIpc) is 2.54. The number of hydrogen-bond donors (Lipinski definition) is 3. The van der Waals surface area contributed by atoms with Crippen molar-refractivity contribution >= 4 is 29.9 Å². The number of hydrogen-bond acceptors (Lipinski definition) is 3. The lowest BCUT2D eigenvalue weighted by Gasteiger charge is -2.20. The van der Waals surface area contributed by atoms with Gasteiger partial charge in [-0.15, -0.1) is 12.4 Å². The highest BCUT2D eigenvalue weighted by Crippen LogP contribution is 2.12. The first kappa shape index (κ1) is 21.7. The third-order valence-corrected chi connectivity index (χ3v) is 3.54. The van der Waals surface area contributed by atoms with Crippen LogP contribution < -0.4 is 16.4 Å². The number of halogens is 1. The Kier molecular flexibility index (Phi) is 7.80. The number of nitrogens with one attached hydrogen (secondary N) is 2. The number of carbonyl (C=O) groups excluding carboxylic acids is 2. The van der Waals surface area contributed by atoms with Gasteiger partial charge in [-0.1, -0.05) is 30.3 Å². The van der Waals surface area contributed by atoms with Crippen LogP contribution in [0.15, 0.2) is 54.6 Å². The molecular formula is C20H26ClN3O2. The van der Waals surface area contributed by atoms with Gasteiger partial charge in [-0.2, -0.15) is 0 Å². The number of nitrogens with two attached hydrogens (primary N) is 1. The summed E-state index contributed by atoms with van der Waals surface area (Å²) in [5, 5.41) is 5.68. The van der Waals surface area contributed by atoms with Gasteiger partial charge in [0.15, 0.2) is 0 Å². The van der Waals surface area contributed by atoms with Crippen molar-refractivity contribution in [3.8, 4) is 0 Å². The van der Waals surface area contributed by atoms with Crippen molar-refractivity contribution in [2.24, 2.45) is 5.73 Å². The summed E-state index contributed by atoms with van der Waals surface area (Å²) in [6.45, 7) is 5.77. The maximum Gasteiger partial charge on any atom is 0.251 e. The van der Waals surface area contributed by atoms with E-state index in [4.69, 9.17) is 5.73 Å². The van der Waals surface area contributed by atoms with Crippen LogP contribution in [0, 0.1) is 0 Å². The first-order chi connectivity index (χ1) is 11.7. The molecule has 1 atom stereocenters. The summed E-state index contributed by atoms with van der Waals surface area (Å²) in [4.78, 5) is 24.3. The van der Waals surface area contributed by atoms with E-state index in [2.05, 4.69) is 10.6 Å². The summed E-state index contributed by atoms with van der Waals surface area (Å²) < 4.78 is 0. The molecule has 140 valence electrons. The number of amides is 2. The van der Waals surface area contributed by atoms with Crippen LogP contribution in [0.25, 0.3) is 0 Å². The van der Waals surface area contributed by atoms with Crippen molar-refractivity contribution in [3.63, 3.8) is 0 Å². The zero-order valence-electron chi connectivity index (χ0n) is 15.3. The van der Waals surface area contributed by atoms with Gasteiger partial charge in [0.05, 0.1) is 6.04 Å². The second-order valence-corrected chi connectivity index (χ2v) is 7.07.